The summed E-state index contributed by atoms with van der Waals surface area (Å²) in [7, 11) is 1.70. The molecule has 0 spiro atoms. The molecule has 5 nitrogen and oxygen atoms in total. The summed E-state index contributed by atoms with van der Waals surface area (Å²) in [6.07, 6.45) is 5.67. The number of benzene rings is 1. The lowest BCUT2D eigenvalue weighted by atomic mass is 9.83. The molecule has 1 saturated carbocycles. The van der Waals surface area contributed by atoms with Gasteiger partial charge in [0.2, 0.25) is 5.91 Å². The molecule has 23 heavy (non-hydrogen) atoms. The van der Waals surface area contributed by atoms with Crippen molar-refractivity contribution in [2.45, 2.75) is 38.5 Å². The van der Waals surface area contributed by atoms with E-state index in [2.05, 4.69) is 5.32 Å². The third-order valence-corrected chi connectivity index (χ3v) is 4.76. The van der Waals surface area contributed by atoms with Crippen LogP contribution in [0.5, 0.6) is 0 Å². The standard InChI is InChI=1S/C18H25NO4/c1-23-11-10-18(8-4-5-9-18)13-19-16(20)12-14-6-2-3-7-15(14)17(21)22/h2-3,6-7H,4-5,8-13H2,1H3,(H,19,20)(H,21,22). The van der Waals surface area contributed by atoms with Gasteiger partial charge in [-0.1, -0.05) is 31.0 Å². The quantitative estimate of drug-likeness (QED) is 0.772. The van der Waals surface area contributed by atoms with Gasteiger partial charge in [0.05, 0.1) is 12.0 Å². The van der Waals surface area contributed by atoms with Gasteiger partial charge in [-0.15, -0.1) is 0 Å². The molecule has 0 unspecified atom stereocenters. The summed E-state index contributed by atoms with van der Waals surface area (Å²) in [6, 6.07) is 6.65. The fourth-order valence-corrected chi connectivity index (χ4v) is 3.36. The first kappa shape index (κ1) is 17.5. The Kier molecular flexibility index (Phi) is 6.16. The molecule has 0 atom stereocenters. The van der Waals surface area contributed by atoms with Crippen molar-refractivity contribution in [3.63, 3.8) is 0 Å². The van der Waals surface area contributed by atoms with Crippen LogP contribution in [0.25, 0.3) is 0 Å². The molecule has 1 aromatic rings. The summed E-state index contributed by atoms with van der Waals surface area (Å²) in [5, 5.41) is 12.2. The van der Waals surface area contributed by atoms with Crippen molar-refractivity contribution in [2.24, 2.45) is 5.41 Å². The number of amides is 1. The second-order valence-electron chi connectivity index (χ2n) is 6.37. The maximum atomic E-state index is 12.2. The third kappa shape index (κ3) is 4.79. The highest BCUT2D eigenvalue weighted by Crippen LogP contribution is 2.40. The number of methoxy groups -OCH3 is 1. The first-order valence-electron chi connectivity index (χ1n) is 8.13. The predicted molar refractivity (Wildman–Crippen MR) is 87.5 cm³/mol. The van der Waals surface area contributed by atoms with E-state index in [1.54, 1.807) is 25.3 Å². The number of nitrogens with one attached hydrogen (secondary N) is 1. The number of rotatable bonds is 8. The van der Waals surface area contributed by atoms with E-state index in [1.165, 1.54) is 18.9 Å². The van der Waals surface area contributed by atoms with Gasteiger partial charge in [-0.25, -0.2) is 4.79 Å². The number of carboxylic acids is 1. The smallest absolute Gasteiger partial charge is 0.335 e. The van der Waals surface area contributed by atoms with E-state index < -0.39 is 5.97 Å². The van der Waals surface area contributed by atoms with Gasteiger partial charge in [0.25, 0.3) is 0 Å². The van der Waals surface area contributed by atoms with E-state index in [9.17, 15) is 14.7 Å². The van der Waals surface area contributed by atoms with E-state index in [1.807, 2.05) is 0 Å². The molecule has 1 aliphatic carbocycles. The molecule has 126 valence electrons. The molecule has 0 bridgehead atoms. The molecule has 1 aliphatic rings. The molecule has 1 fully saturated rings. The lowest BCUT2D eigenvalue weighted by molar-refractivity contribution is -0.121. The highest BCUT2D eigenvalue weighted by Gasteiger charge is 2.33. The van der Waals surface area contributed by atoms with E-state index in [0.717, 1.165) is 19.3 Å². The molecule has 1 amide bonds. The van der Waals surface area contributed by atoms with Gasteiger partial charge in [-0.2, -0.15) is 0 Å². The Morgan fingerprint density at radius 3 is 2.61 bits per heavy atom. The molecule has 0 aromatic heterocycles. The largest absolute Gasteiger partial charge is 0.478 e. The van der Waals surface area contributed by atoms with Crippen LogP contribution < -0.4 is 5.32 Å². The Morgan fingerprint density at radius 2 is 1.96 bits per heavy atom. The average Bonchev–Trinajstić information content (AvgIpc) is 3.01. The van der Waals surface area contributed by atoms with Crippen molar-refractivity contribution in [3.05, 3.63) is 35.4 Å². The van der Waals surface area contributed by atoms with Gasteiger partial charge < -0.3 is 15.2 Å². The molecule has 0 saturated heterocycles. The van der Waals surface area contributed by atoms with E-state index in [-0.39, 0.29) is 23.3 Å². The van der Waals surface area contributed by atoms with Crippen LogP contribution in [0.15, 0.2) is 24.3 Å². The van der Waals surface area contributed by atoms with Crippen molar-refractivity contribution in [3.8, 4) is 0 Å². The SMILES string of the molecule is COCCC1(CNC(=O)Cc2ccccc2C(=O)O)CCCC1. The van der Waals surface area contributed by atoms with Crippen molar-refractivity contribution < 1.29 is 19.4 Å². The lowest BCUT2D eigenvalue weighted by Gasteiger charge is -2.29. The fourth-order valence-electron chi connectivity index (χ4n) is 3.36. The summed E-state index contributed by atoms with van der Waals surface area (Å²) in [5.41, 5.74) is 0.880. The number of ether oxygens (including phenoxy) is 1. The number of carbonyl (C=O) groups is 2. The molecule has 0 radical (unpaired) electrons. The molecule has 2 rings (SSSR count). The Bertz CT molecular complexity index is 550. The van der Waals surface area contributed by atoms with Crippen LogP contribution >= 0.6 is 0 Å². The summed E-state index contributed by atoms with van der Waals surface area (Å²) in [4.78, 5) is 23.4. The topological polar surface area (TPSA) is 75.6 Å². The predicted octanol–water partition coefficient (Wildman–Crippen LogP) is 2.64. The van der Waals surface area contributed by atoms with Crippen LogP contribution in [0, 0.1) is 5.41 Å². The normalized spacial score (nSPS) is 16.2. The number of carbonyl (C=O) groups excluding carboxylic acids is 1. The summed E-state index contributed by atoms with van der Waals surface area (Å²) in [5.74, 6) is -1.12. The van der Waals surface area contributed by atoms with Gasteiger partial charge in [-0.3, -0.25) is 4.79 Å². The maximum absolute atomic E-state index is 12.2. The van der Waals surface area contributed by atoms with Crippen LogP contribution in [0.4, 0.5) is 0 Å². The highest BCUT2D eigenvalue weighted by atomic mass is 16.5. The molecule has 1 aromatic carbocycles. The van der Waals surface area contributed by atoms with Gasteiger partial charge in [-0.05, 0) is 36.3 Å². The number of aromatic carboxylic acids is 1. The zero-order valence-corrected chi connectivity index (χ0v) is 13.6. The van der Waals surface area contributed by atoms with Crippen LogP contribution in [0.1, 0.15) is 48.0 Å². The number of hydrogen-bond acceptors (Lipinski definition) is 3. The number of carboxylic acid groups (broad SMARTS) is 1. The van der Waals surface area contributed by atoms with Gasteiger partial charge in [0.15, 0.2) is 0 Å². The average molecular weight is 319 g/mol. The molecule has 0 heterocycles. The van der Waals surface area contributed by atoms with Crippen molar-refractivity contribution in [1.29, 1.82) is 0 Å². The second kappa shape index (κ2) is 8.11. The zero-order chi connectivity index (χ0) is 16.7. The molecular formula is C18H25NO4. The fraction of sp³-hybridized carbons (Fsp3) is 0.556. The van der Waals surface area contributed by atoms with E-state index >= 15 is 0 Å². The summed E-state index contributed by atoms with van der Waals surface area (Å²) < 4.78 is 5.20. The minimum atomic E-state index is -0.999. The Labute approximate surface area is 137 Å². The highest BCUT2D eigenvalue weighted by molar-refractivity contribution is 5.91. The van der Waals surface area contributed by atoms with Crippen LogP contribution in [-0.4, -0.2) is 37.2 Å². The number of hydrogen-bond donors (Lipinski definition) is 2. The van der Waals surface area contributed by atoms with E-state index in [4.69, 9.17) is 4.74 Å². The van der Waals surface area contributed by atoms with Crippen LogP contribution in [0.3, 0.4) is 0 Å². The lowest BCUT2D eigenvalue weighted by Crippen LogP contribution is -2.37. The third-order valence-electron chi connectivity index (χ3n) is 4.76. The minimum absolute atomic E-state index is 0.100. The zero-order valence-electron chi connectivity index (χ0n) is 13.6. The summed E-state index contributed by atoms with van der Waals surface area (Å²) >= 11 is 0. The second-order valence-corrected chi connectivity index (χ2v) is 6.37. The van der Waals surface area contributed by atoms with Crippen molar-refractivity contribution >= 4 is 11.9 Å². The van der Waals surface area contributed by atoms with Crippen molar-refractivity contribution in [2.75, 3.05) is 20.3 Å². The first-order chi connectivity index (χ1) is 11.1. The molecule has 2 N–H and O–H groups in total. The Morgan fingerprint density at radius 1 is 1.26 bits per heavy atom. The van der Waals surface area contributed by atoms with Gasteiger partial charge in [0.1, 0.15) is 0 Å². The monoisotopic (exact) mass is 319 g/mol. The molecule has 0 aliphatic heterocycles. The van der Waals surface area contributed by atoms with Crippen molar-refractivity contribution in [1.82, 2.24) is 5.32 Å². The van der Waals surface area contributed by atoms with Crippen LogP contribution in [0.2, 0.25) is 0 Å². The molecule has 5 heteroatoms. The molecular weight excluding hydrogens is 294 g/mol. The van der Waals surface area contributed by atoms with Gasteiger partial charge in [0, 0.05) is 20.3 Å². The Balaban J connectivity index is 1.93. The van der Waals surface area contributed by atoms with Crippen LogP contribution in [-0.2, 0) is 16.0 Å². The van der Waals surface area contributed by atoms with Gasteiger partial charge >= 0.3 is 5.97 Å². The Hall–Kier alpha value is -1.88. The maximum Gasteiger partial charge on any atom is 0.335 e. The summed E-state index contributed by atoms with van der Waals surface area (Å²) in [6.45, 7) is 1.35. The van der Waals surface area contributed by atoms with E-state index in [0.29, 0.717) is 18.7 Å². The minimum Gasteiger partial charge on any atom is -0.478 e. The first-order valence-corrected chi connectivity index (χ1v) is 8.13.